The summed E-state index contributed by atoms with van der Waals surface area (Å²) in [5.41, 5.74) is 0. The molecule has 2 rings (SSSR count). The van der Waals surface area contributed by atoms with Gasteiger partial charge in [-0.25, -0.2) is 4.98 Å². The molecule has 1 aliphatic carbocycles. The molecule has 0 spiro atoms. The Hall–Kier alpha value is -1.58. The Labute approximate surface area is 108 Å². The Morgan fingerprint density at radius 3 is 3.00 bits per heavy atom. The largest absolute Gasteiger partial charge is 0.478 e. The molecule has 4 heteroatoms. The molecule has 1 fully saturated rings. The molecule has 98 valence electrons. The Kier molecular flexibility index (Phi) is 4.56. The van der Waals surface area contributed by atoms with E-state index in [1.807, 2.05) is 12.1 Å². The number of allylic oxidation sites excluding steroid dienone is 1. The standard InChI is InChI=1S/C14H21N3O/c1-3-5-6-9-18-13-10-12(15-4-2)16-14(17-13)11-7-8-11/h3,10-11H,1,4-9H2,2H3,(H,15,16,17). The van der Waals surface area contributed by atoms with Crippen LogP contribution in [0.1, 0.15) is 44.3 Å². The molecule has 1 aromatic rings. The number of hydrogen-bond acceptors (Lipinski definition) is 4. The third-order valence-electron chi connectivity index (χ3n) is 2.82. The number of nitrogens with zero attached hydrogens (tertiary/aromatic N) is 2. The quantitative estimate of drug-likeness (QED) is 0.566. The third-order valence-corrected chi connectivity index (χ3v) is 2.82. The van der Waals surface area contributed by atoms with Crippen LogP contribution in [0, 0.1) is 0 Å². The predicted molar refractivity (Wildman–Crippen MR) is 73.1 cm³/mol. The molecule has 0 amide bonds. The molecule has 18 heavy (non-hydrogen) atoms. The lowest BCUT2D eigenvalue weighted by Crippen LogP contribution is -2.06. The van der Waals surface area contributed by atoms with E-state index >= 15 is 0 Å². The molecule has 1 N–H and O–H groups in total. The molecule has 4 nitrogen and oxygen atoms in total. The van der Waals surface area contributed by atoms with E-state index in [1.54, 1.807) is 0 Å². The van der Waals surface area contributed by atoms with Crippen LogP contribution in [0.2, 0.25) is 0 Å². The summed E-state index contributed by atoms with van der Waals surface area (Å²) in [6.07, 6.45) is 6.25. The van der Waals surface area contributed by atoms with Crippen LogP contribution in [-0.4, -0.2) is 23.1 Å². The van der Waals surface area contributed by atoms with Crippen LogP contribution in [0.4, 0.5) is 5.82 Å². The molecule has 0 aromatic carbocycles. The van der Waals surface area contributed by atoms with Gasteiger partial charge >= 0.3 is 0 Å². The van der Waals surface area contributed by atoms with Gasteiger partial charge in [0.15, 0.2) is 0 Å². The van der Waals surface area contributed by atoms with E-state index < -0.39 is 0 Å². The molecule has 0 bridgehead atoms. The summed E-state index contributed by atoms with van der Waals surface area (Å²) in [6.45, 7) is 7.29. The molecule has 1 heterocycles. The van der Waals surface area contributed by atoms with Crippen molar-refractivity contribution in [1.82, 2.24) is 9.97 Å². The Morgan fingerprint density at radius 2 is 2.33 bits per heavy atom. The summed E-state index contributed by atoms with van der Waals surface area (Å²) in [5.74, 6) is 3.02. The molecule has 0 saturated heterocycles. The van der Waals surface area contributed by atoms with Gasteiger partial charge in [-0.1, -0.05) is 6.08 Å². The fraction of sp³-hybridized carbons (Fsp3) is 0.571. The first-order chi connectivity index (χ1) is 8.83. The van der Waals surface area contributed by atoms with E-state index in [0.29, 0.717) is 18.4 Å². The highest BCUT2D eigenvalue weighted by Gasteiger charge is 2.27. The van der Waals surface area contributed by atoms with Gasteiger partial charge in [0.25, 0.3) is 0 Å². The number of aromatic nitrogens is 2. The number of nitrogens with one attached hydrogen (secondary N) is 1. The topological polar surface area (TPSA) is 47.0 Å². The van der Waals surface area contributed by atoms with E-state index in [0.717, 1.165) is 31.0 Å². The van der Waals surface area contributed by atoms with Crippen molar-refractivity contribution in [3.05, 3.63) is 24.5 Å². The molecule has 0 atom stereocenters. The summed E-state index contributed by atoms with van der Waals surface area (Å²) < 4.78 is 5.67. The average Bonchev–Trinajstić information content (AvgIpc) is 3.19. The van der Waals surface area contributed by atoms with Crippen molar-refractivity contribution >= 4 is 5.82 Å². The first-order valence-corrected chi connectivity index (χ1v) is 6.70. The summed E-state index contributed by atoms with van der Waals surface area (Å²) in [7, 11) is 0. The summed E-state index contributed by atoms with van der Waals surface area (Å²) >= 11 is 0. The van der Waals surface area contributed by atoms with Crippen LogP contribution in [0.3, 0.4) is 0 Å². The maximum atomic E-state index is 5.67. The Bertz CT molecular complexity index is 402. The molecule has 1 saturated carbocycles. The predicted octanol–water partition coefficient (Wildman–Crippen LogP) is 3.13. The summed E-state index contributed by atoms with van der Waals surface area (Å²) in [6, 6.07) is 1.88. The molecule has 1 aliphatic rings. The summed E-state index contributed by atoms with van der Waals surface area (Å²) in [4.78, 5) is 8.99. The molecular weight excluding hydrogens is 226 g/mol. The highest BCUT2D eigenvalue weighted by molar-refractivity contribution is 5.39. The lowest BCUT2D eigenvalue weighted by atomic mass is 10.3. The third kappa shape index (κ3) is 3.72. The zero-order valence-electron chi connectivity index (χ0n) is 11.0. The van der Waals surface area contributed by atoms with Crippen molar-refractivity contribution in [2.75, 3.05) is 18.5 Å². The van der Waals surface area contributed by atoms with Crippen molar-refractivity contribution in [1.29, 1.82) is 0 Å². The van der Waals surface area contributed by atoms with E-state index in [-0.39, 0.29) is 0 Å². The number of hydrogen-bond donors (Lipinski definition) is 1. The van der Waals surface area contributed by atoms with Gasteiger partial charge in [-0.3, -0.25) is 0 Å². The molecule has 0 unspecified atom stereocenters. The zero-order chi connectivity index (χ0) is 12.8. The van der Waals surface area contributed by atoms with Crippen molar-refractivity contribution < 1.29 is 4.74 Å². The SMILES string of the molecule is C=CCCCOc1cc(NCC)nc(C2CC2)n1. The normalized spacial score (nSPS) is 14.3. The second-order valence-corrected chi connectivity index (χ2v) is 4.53. The maximum Gasteiger partial charge on any atom is 0.218 e. The smallest absolute Gasteiger partial charge is 0.218 e. The van der Waals surface area contributed by atoms with Crippen molar-refractivity contribution in [3.63, 3.8) is 0 Å². The molecular formula is C14H21N3O. The fourth-order valence-corrected chi connectivity index (χ4v) is 1.72. The van der Waals surface area contributed by atoms with Crippen LogP contribution in [-0.2, 0) is 0 Å². The minimum Gasteiger partial charge on any atom is -0.478 e. The molecule has 0 aliphatic heterocycles. The monoisotopic (exact) mass is 247 g/mol. The lowest BCUT2D eigenvalue weighted by molar-refractivity contribution is 0.299. The highest BCUT2D eigenvalue weighted by Crippen LogP contribution is 2.39. The molecule has 1 aromatic heterocycles. The first-order valence-electron chi connectivity index (χ1n) is 6.70. The number of anilines is 1. The van der Waals surface area contributed by atoms with E-state index in [1.165, 1.54) is 12.8 Å². The minimum absolute atomic E-state index is 0.541. The maximum absolute atomic E-state index is 5.67. The van der Waals surface area contributed by atoms with Crippen molar-refractivity contribution in [3.8, 4) is 5.88 Å². The van der Waals surface area contributed by atoms with Gasteiger partial charge in [0.05, 0.1) is 6.61 Å². The van der Waals surface area contributed by atoms with Crippen LogP contribution in [0.5, 0.6) is 5.88 Å². The number of unbranched alkanes of at least 4 members (excludes halogenated alkanes) is 1. The van der Waals surface area contributed by atoms with Gasteiger partial charge in [-0.05, 0) is 32.6 Å². The van der Waals surface area contributed by atoms with Crippen LogP contribution in [0.25, 0.3) is 0 Å². The Morgan fingerprint density at radius 1 is 1.50 bits per heavy atom. The molecule has 0 radical (unpaired) electrons. The zero-order valence-corrected chi connectivity index (χ0v) is 11.0. The second kappa shape index (κ2) is 6.38. The summed E-state index contributed by atoms with van der Waals surface area (Å²) in [5, 5.41) is 3.23. The van der Waals surface area contributed by atoms with E-state index in [4.69, 9.17) is 4.74 Å². The average molecular weight is 247 g/mol. The second-order valence-electron chi connectivity index (χ2n) is 4.53. The van der Waals surface area contributed by atoms with Crippen LogP contribution in [0.15, 0.2) is 18.7 Å². The van der Waals surface area contributed by atoms with Gasteiger partial charge in [0.1, 0.15) is 11.6 Å². The number of ether oxygens (including phenoxy) is 1. The van der Waals surface area contributed by atoms with Gasteiger partial charge in [0.2, 0.25) is 5.88 Å². The van der Waals surface area contributed by atoms with Gasteiger partial charge < -0.3 is 10.1 Å². The Balaban J connectivity index is 2.00. The van der Waals surface area contributed by atoms with Crippen molar-refractivity contribution in [2.45, 2.75) is 38.5 Å². The van der Waals surface area contributed by atoms with Gasteiger partial charge in [0, 0.05) is 18.5 Å². The fourth-order valence-electron chi connectivity index (χ4n) is 1.72. The van der Waals surface area contributed by atoms with Gasteiger partial charge in [-0.15, -0.1) is 6.58 Å². The van der Waals surface area contributed by atoms with E-state index in [2.05, 4.69) is 28.8 Å². The highest BCUT2D eigenvalue weighted by atomic mass is 16.5. The van der Waals surface area contributed by atoms with Crippen molar-refractivity contribution in [2.24, 2.45) is 0 Å². The van der Waals surface area contributed by atoms with E-state index in [9.17, 15) is 0 Å². The van der Waals surface area contributed by atoms with Gasteiger partial charge in [-0.2, -0.15) is 4.98 Å². The van der Waals surface area contributed by atoms with Crippen LogP contribution < -0.4 is 10.1 Å². The minimum atomic E-state index is 0.541. The first kappa shape index (κ1) is 12.9. The van der Waals surface area contributed by atoms with Crippen LogP contribution >= 0.6 is 0 Å². The number of rotatable bonds is 8. The lowest BCUT2D eigenvalue weighted by Gasteiger charge is -2.09.